The van der Waals surface area contributed by atoms with Gasteiger partial charge in [-0.05, 0) is 37.3 Å². The lowest BCUT2D eigenvalue weighted by Gasteiger charge is -2.15. The molecule has 5 heteroatoms. The number of halogens is 3. The summed E-state index contributed by atoms with van der Waals surface area (Å²) in [6, 6.07) is 10.5. The Morgan fingerprint density at radius 2 is 1.70 bits per heavy atom. The molecular formula is C15H14Cl3NO. The van der Waals surface area contributed by atoms with E-state index < -0.39 is 0 Å². The summed E-state index contributed by atoms with van der Waals surface area (Å²) in [7, 11) is 0. The highest BCUT2D eigenvalue weighted by molar-refractivity contribution is 6.35. The molecule has 20 heavy (non-hydrogen) atoms. The zero-order chi connectivity index (χ0) is 14.7. The predicted molar refractivity (Wildman–Crippen MR) is 84.8 cm³/mol. The third kappa shape index (κ3) is 3.80. The molecule has 2 nitrogen and oxygen atoms in total. The van der Waals surface area contributed by atoms with E-state index in [9.17, 15) is 0 Å². The number of ether oxygens (including phenoxy) is 1. The second-order valence-corrected chi connectivity index (χ2v) is 5.78. The molecule has 0 saturated carbocycles. The molecule has 0 spiro atoms. The molecule has 0 aliphatic carbocycles. The highest BCUT2D eigenvalue weighted by atomic mass is 35.5. The molecular weight excluding hydrogens is 317 g/mol. The van der Waals surface area contributed by atoms with Gasteiger partial charge in [0, 0.05) is 32.2 Å². The van der Waals surface area contributed by atoms with Crippen molar-refractivity contribution in [2.24, 2.45) is 5.73 Å². The Hall–Kier alpha value is -0.930. The van der Waals surface area contributed by atoms with Gasteiger partial charge in [-0.15, -0.1) is 0 Å². The molecule has 2 N–H and O–H groups in total. The van der Waals surface area contributed by atoms with Crippen LogP contribution >= 0.6 is 34.8 Å². The summed E-state index contributed by atoms with van der Waals surface area (Å²) in [4.78, 5) is 0. The van der Waals surface area contributed by atoms with Crippen LogP contribution in [0.5, 0.6) is 5.75 Å². The highest BCUT2D eigenvalue weighted by Crippen LogP contribution is 2.29. The molecule has 2 aromatic carbocycles. The average Bonchev–Trinajstić information content (AvgIpc) is 2.38. The van der Waals surface area contributed by atoms with Crippen LogP contribution in [0.4, 0.5) is 0 Å². The molecule has 0 saturated heterocycles. The summed E-state index contributed by atoms with van der Waals surface area (Å²) in [6.07, 6.45) is 0. The summed E-state index contributed by atoms with van der Waals surface area (Å²) >= 11 is 17.9. The maximum atomic E-state index is 6.11. The number of rotatable bonds is 4. The molecule has 0 radical (unpaired) electrons. The van der Waals surface area contributed by atoms with Crippen LogP contribution in [0, 0.1) is 0 Å². The number of nitrogens with two attached hydrogens (primary N) is 1. The van der Waals surface area contributed by atoms with Gasteiger partial charge in [0.05, 0.1) is 0 Å². The quantitative estimate of drug-likeness (QED) is 0.831. The van der Waals surface area contributed by atoms with Crippen molar-refractivity contribution in [1.29, 1.82) is 0 Å². The molecule has 0 aromatic heterocycles. The van der Waals surface area contributed by atoms with Crippen LogP contribution in [0.2, 0.25) is 15.1 Å². The fraction of sp³-hybridized carbons (Fsp3) is 0.200. The van der Waals surface area contributed by atoms with Gasteiger partial charge in [-0.25, -0.2) is 0 Å². The van der Waals surface area contributed by atoms with Crippen molar-refractivity contribution in [3.63, 3.8) is 0 Å². The Morgan fingerprint density at radius 1 is 1.05 bits per heavy atom. The first kappa shape index (κ1) is 15.5. The zero-order valence-corrected chi connectivity index (χ0v) is 13.1. The minimum absolute atomic E-state index is 0.163. The van der Waals surface area contributed by atoms with Gasteiger partial charge in [0.2, 0.25) is 0 Å². The lowest BCUT2D eigenvalue weighted by molar-refractivity contribution is 0.301. The van der Waals surface area contributed by atoms with Gasteiger partial charge in [0.25, 0.3) is 0 Å². The molecule has 2 rings (SSSR count). The topological polar surface area (TPSA) is 35.2 Å². The molecule has 0 heterocycles. The minimum atomic E-state index is -0.163. The lowest BCUT2D eigenvalue weighted by Crippen LogP contribution is -2.08. The first-order valence-corrected chi connectivity index (χ1v) is 7.22. The van der Waals surface area contributed by atoms with Crippen LogP contribution in [0.25, 0.3) is 0 Å². The molecule has 1 unspecified atom stereocenters. The Kier molecular flexibility index (Phi) is 5.17. The van der Waals surface area contributed by atoms with Crippen LogP contribution in [0.15, 0.2) is 36.4 Å². The van der Waals surface area contributed by atoms with Crippen molar-refractivity contribution in [2.45, 2.75) is 19.6 Å². The third-order valence-electron chi connectivity index (χ3n) is 2.86. The molecule has 2 aromatic rings. The Morgan fingerprint density at radius 3 is 2.35 bits per heavy atom. The first-order chi connectivity index (χ1) is 9.47. The van der Waals surface area contributed by atoms with Crippen LogP contribution in [-0.2, 0) is 6.61 Å². The van der Waals surface area contributed by atoms with Crippen LogP contribution < -0.4 is 10.5 Å². The van der Waals surface area contributed by atoms with Crippen molar-refractivity contribution in [1.82, 2.24) is 0 Å². The smallest absolute Gasteiger partial charge is 0.124 e. The van der Waals surface area contributed by atoms with E-state index in [1.165, 1.54) is 0 Å². The van der Waals surface area contributed by atoms with Gasteiger partial charge in [-0.3, -0.25) is 0 Å². The largest absolute Gasteiger partial charge is 0.489 e. The van der Waals surface area contributed by atoms with Gasteiger partial charge < -0.3 is 10.5 Å². The third-order valence-corrected chi connectivity index (χ3v) is 3.68. The molecule has 0 fully saturated rings. The molecule has 1 atom stereocenters. The van der Waals surface area contributed by atoms with Gasteiger partial charge in [-0.1, -0.05) is 40.9 Å². The highest BCUT2D eigenvalue weighted by Gasteiger charge is 2.10. The van der Waals surface area contributed by atoms with Crippen LogP contribution in [0.1, 0.15) is 24.1 Å². The number of benzene rings is 2. The summed E-state index contributed by atoms with van der Waals surface area (Å²) in [5.41, 5.74) is 7.65. The van der Waals surface area contributed by atoms with Crippen LogP contribution in [0.3, 0.4) is 0 Å². The van der Waals surface area contributed by atoms with Gasteiger partial charge >= 0.3 is 0 Å². The maximum absolute atomic E-state index is 6.11. The SMILES string of the molecule is CC(N)c1cc(Cl)ccc1OCc1ccc(Cl)cc1Cl. The second kappa shape index (κ2) is 6.68. The molecule has 0 bridgehead atoms. The molecule has 0 amide bonds. The van der Waals surface area contributed by atoms with Crippen molar-refractivity contribution in [3.05, 3.63) is 62.6 Å². The standard InChI is InChI=1S/C15H14Cl3NO/c1-9(19)13-6-11(16)4-5-15(13)20-8-10-2-3-12(17)7-14(10)18/h2-7,9H,8,19H2,1H3. The van der Waals surface area contributed by atoms with E-state index in [1.54, 1.807) is 18.2 Å². The van der Waals surface area contributed by atoms with E-state index in [2.05, 4.69) is 0 Å². The Labute approximate surface area is 133 Å². The van der Waals surface area contributed by atoms with Crippen molar-refractivity contribution >= 4 is 34.8 Å². The Bertz CT molecular complexity index is 614. The normalized spacial score (nSPS) is 12.2. The summed E-state index contributed by atoms with van der Waals surface area (Å²) in [5.74, 6) is 0.704. The average molecular weight is 331 g/mol. The molecule has 0 aliphatic heterocycles. The van der Waals surface area contributed by atoms with Crippen molar-refractivity contribution < 1.29 is 4.74 Å². The van der Waals surface area contributed by atoms with E-state index >= 15 is 0 Å². The maximum Gasteiger partial charge on any atom is 0.124 e. The van der Waals surface area contributed by atoms with E-state index in [0.717, 1.165) is 11.1 Å². The van der Waals surface area contributed by atoms with Crippen molar-refractivity contribution in [3.8, 4) is 5.75 Å². The molecule has 0 aliphatic rings. The van der Waals surface area contributed by atoms with E-state index in [1.807, 2.05) is 25.1 Å². The Balaban J connectivity index is 2.18. The summed E-state index contributed by atoms with van der Waals surface area (Å²) in [5, 5.41) is 1.81. The van der Waals surface area contributed by atoms with E-state index in [0.29, 0.717) is 27.4 Å². The summed E-state index contributed by atoms with van der Waals surface area (Å²) < 4.78 is 5.79. The van der Waals surface area contributed by atoms with Gasteiger partial charge in [0.15, 0.2) is 0 Å². The summed E-state index contributed by atoms with van der Waals surface area (Å²) in [6.45, 7) is 2.23. The molecule has 106 valence electrons. The van der Waals surface area contributed by atoms with Crippen LogP contribution in [-0.4, -0.2) is 0 Å². The van der Waals surface area contributed by atoms with Gasteiger partial charge in [-0.2, -0.15) is 0 Å². The van der Waals surface area contributed by atoms with E-state index in [-0.39, 0.29) is 6.04 Å². The van der Waals surface area contributed by atoms with Crippen molar-refractivity contribution in [2.75, 3.05) is 0 Å². The lowest BCUT2D eigenvalue weighted by atomic mass is 10.1. The minimum Gasteiger partial charge on any atom is -0.489 e. The number of hydrogen-bond donors (Lipinski definition) is 1. The number of hydrogen-bond acceptors (Lipinski definition) is 2. The fourth-order valence-corrected chi connectivity index (χ4v) is 2.44. The second-order valence-electron chi connectivity index (χ2n) is 4.50. The monoisotopic (exact) mass is 329 g/mol. The van der Waals surface area contributed by atoms with Gasteiger partial charge in [0.1, 0.15) is 12.4 Å². The predicted octanol–water partition coefficient (Wildman–Crippen LogP) is 5.25. The first-order valence-electron chi connectivity index (χ1n) is 6.09. The van der Waals surface area contributed by atoms with E-state index in [4.69, 9.17) is 45.3 Å². The zero-order valence-electron chi connectivity index (χ0n) is 10.9. The fourth-order valence-electron chi connectivity index (χ4n) is 1.80.